The van der Waals surface area contributed by atoms with Gasteiger partial charge in [0.25, 0.3) is 0 Å². The second-order valence-corrected chi connectivity index (χ2v) is 5.10. The summed E-state index contributed by atoms with van der Waals surface area (Å²) < 4.78 is 28.7. The van der Waals surface area contributed by atoms with E-state index >= 15 is 0 Å². The summed E-state index contributed by atoms with van der Waals surface area (Å²) in [4.78, 5) is 12.9. The summed E-state index contributed by atoms with van der Waals surface area (Å²) in [5, 5.41) is 9.22. The zero-order chi connectivity index (χ0) is 15.5. The van der Waals surface area contributed by atoms with Gasteiger partial charge in [-0.1, -0.05) is 12.1 Å². The molecule has 0 saturated heterocycles. The van der Waals surface area contributed by atoms with Crippen LogP contribution in [0.1, 0.15) is 32.4 Å². The van der Waals surface area contributed by atoms with Crippen molar-refractivity contribution >= 4 is 5.97 Å². The molecule has 1 atom stereocenters. The average Bonchev–Trinajstić information content (AvgIpc) is 2.36. The lowest BCUT2D eigenvalue weighted by Crippen LogP contribution is -2.48. The van der Waals surface area contributed by atoms with E-state index in [-0.39, 0.29) is 11.8 Å². The first kappa shape index (κ1) is 16.4. The van der Waals surface area contributed by atoms with E-state index in [9.17, 15) is 18.7 Å². The van der Waals surface area contributed by atoms with Crippen molar-refractivity contribution in [3.8, 4) is 5.75 Å². The Balaban J connectivity index is 2.97. The molecule has 4 nitrogen and oxygen atoms in total. The van der Waals surface area contributed by atoms with Gasteiger partial charge in [-0.15, -0.1) is 0 Å². The molecule has 0 aliphatic carbocycles. The maximum absolute atomic E-state index is 12.2. The fourth-order valence-electron chi connectivity index (χ4n) is 1.81. The quantitative estimate of drug-likeness (QED) is 0.873. The highest BCUT2D eigenvalue weighted by atomic mass is 19.3. The molecule has 1 unspecified atom stereocenters. The third kappa shape index (κ3) is 3.66. The number of carbonyl (C=O) groups is 1. The van der Waals surface area contributed by atoms with Crippen LogP contribution in [0.25, 0.3) is 0 Å². The van der Waals surface area contributed by atoms with Gasteiger partial charge in [-0.25, -0.2) is 0 Å². The molecule has 1 aromatic carbocycles. The fourth-order valence-corrected chi connectivity index (χ4v) is 1.81. The Morgan fingerprint density at radius 2 is 2.00 bits per heavy atom. The van der Waals surface area contributed by atoms with Gasteiger partial charge in [-0.3, -0.25) is 9.69 Å². The summed E-state index contributed by atoms with van der Waals surface area (Å²) >= 11 is 0. The Bertz CT molecular complexity index is 477. The largest absolute Gasteiger partial charge is 0.480 e. The lowest BCUT2D eigenvalue weighted by atomic mass is 9.98. The predicted molar refractivity (Wildman–Crippen MR) is 71.0 cm³/mol. The van der Waals surface area contributed by atoms with E-state index in [1.807, 2.05) is 6.92 Å². The molecule has 1 N–H and O–H groups in total. The van der Waals surface area contributed by atoms with Gasteiger partial charge in [-0.2, -0.15) is 8.78 Å². The van der Waals surface area contributed by atoms with Crippen molar-refractivity contribution in [1.82, 2.24) is 4.90 Å². The first-order valence-corrected chi connectivity index (χ1v) is 6.17. The zero-order valence-electron chi connectivity index (χ0n) is 11.9. The van der Waals surface area contributed by atoms with E-state index in [2.05, 4.69) is 4.74 Å². The van der Waals surface area contributed by atoms with Crippen LogP contribution >= 0.6 is 0 Å². The van der Waals surface area contributed by atoms with Crippen LogP contribution in [0, 0.1) is 0 Å². The second kappa shape index (κ2) is 6.17. The van der Waals surface area contributed by atoms with Crippen molar-refractivity contribution in [2.24, 2.45) is 0 Å². The number of hydrogen-bond acceptors (Lipinski definition) is 3. The van der Waals surface area contributed by atoms with Crippen LogP contribution < -0.4 is 4.74 Å². The fraction of sp³-hybridized carbons (Fsp3) is 0.500. The van der Waals surface area contributed by atoms with Crippen molar-refractivity contribution in [3.63, 3.8) is 0 Å². The summed E-state index contributed by atoms with van der Waals surface area (Å²) in [6, 6.07) is 6.01. The molecule has 112 valence electrons. The van der Waals surface area contributed by atoms with Gasteiger partial charge in [0.1, 0.15) is 11.3 Å². The SMILES string of the molecule is CC(c1cccc(OC(F)F)c1)N(C)C(C)(C)C(=O)O. The van der Waals surface area contributed by atoms with E-state index < -0.39 is 18.1 Å². The molecule has 0 spiro atoms. The van der Waals surface area contributed by atoms with Gasteiger partial charge in [-0.05, 0) is 45.5 Å². The Morgan fingerprint density at radius 1 is 1.40 bits per heavy atom. The van der Waals surface area contributed by atoms with E-state index in [0.29, 0.717) is 5.56 Å². The number of benzene rings is 1. The van der Waals surface area contributed by atoms with Gasteiger partial charge < -0.3 is 9.84 Å². The number of alkyl halides is 2. The molecular formula is C14H19F2NO3. The molecule has 0 saturated carbocycles. The molecule has 0 aliphatic rings. The minimum absolute atomic E-state index is 0.0610. The van der Waals surface area contributed by atoms with Gasteiger partial charge in [0, 0.05) is 6.04 Å². The van der Waals surface area contributed by atoms with Gasteiger partial charge >= 0.3 is 12.6 Å². The summed E-state index contributed by atoms with van der Waals surface area (Å²) in [6.45, 7) is 2.11. The molecule has 0 fully saturated rings. The second-order valence-electron chi connectivity index (χ2n) is 5.10. The molecule has 0 heterocycles. The molecular weight excluding hydrogens is 268 g/mol. The number of aliphatic carboxylic acids is 1. The molecule has 0 aromatic heterocycles. The smallest absolute Gasteiger partial charge is 0.387 e. The minimum atomic E-state index is -2.88. The standard InChI is InChI=1S/C14H19F2NO3/c1-9(17(4)14(2,3)12(18)19)10-6-5-7-11(8-10)20-13(15)16/h5-9,13H,1-4H3,(H,18,19). The number of likely N-dealkylation sites (N-methyl/N-ethyl adjacent to an activating group) is 1. The lowest BCUT2D eigenvalue weighted by Gasteiger charge is -2.36. The van der Waals surface area contributed by atoms with Crippen LogP contribution in [0.5, 0.6) is 5.75 Å². The highest BCUT2D eigenvalue weighted by Crippen LogP contribution is 2.28. The van der Waals surface area contributed by atoms with Gasteiger partial charge in [0.15, 0.2) is 0 Å². The molecule has 6 heteroatoms. The van der Waals surface area contributed by atoms with Crippen LogP contribution in [0.15, 0.2) is 24.3 Å². The molecule has 1 rings (SSSR count). The highest BCUT2D eigenvalue weighted by Gasteiger charge is 2.35. The average molecular weight is 287 g/mol. The van der Waals surface area contributed by atoms with Crippen LogP contribution in [0.3, 0.4) is 0 Å². The Labute approximate surface area is 117 Å². The summed E-state index contributed by atoms with van der Waals surface area (Å²) in [5.74, 6) is -0.891. The van der Waals surface area contributed by atoms with Crippen LogP contribution in [0.4, 0.5) is 8.78 Å². The van der Waals surface area contributed by atoms with Gasteiger partial charge in [0.05, 0.1) is 0 Å². The van der Waals surface area contributed by atoms with E-state index in [1.54, 1.807) is 37.9 Å². The molecule has 1 aromatic rings. The van der Waals surface area contributed by atoms with Crippen molar-refractivity contribution in [2.45, 2.75) is 39.0 Å². The van der Waals surface area contributed by atoms with Crippen molar-refractivity contribution in [2.75, 3.05) is 7.05 Å². The molecule has 0 bridgehead atoms. The maximum Gasteiger partial charge on any atom is 0.387 e. The van der Waals surface area contributed by atoms with E-state index in [1.165, 1.54) is 12.1 Å². The highest BCUT2D eigenvalue weighted by molar-refractivity contribution is 5.77. The Hall–Kier alpha value is -1.69. The zero-order valence-corrected chi connectivity index (χ0v) is 11.9. The first-order chi connectivity index (χ1) is 9.16. The van der Waals surface area contributed by atoms with Crippen molar-refractivity contribution in [1.29, 1.82) is 0 Å². The third-order valence-electron chi connectivity index (χ3n) is 3.55. The lowest BCUT2D eigenvalue weighted by molar-refractivity contribution is -0.149. The topological polar surface area (TPSA) is 49.8 Å². The van der Waals surface area contributed by atoms with Crippen LogP contribution in [-0.4, -0.2) is 35.2 Å². The third-order valence-corrected chi connectivity index (χ3v) is 3.55. The van der Waals surface area contributed by atoms with Gasteiger partial charge in [0.2, 0.25) is 0 Å². The molecule has 0 aliphatic heterocycles. The normalized spacial score (nSPS) is 13.6. The number of carboxylic acid groups (broad SMARTS) is 1. The van der Waals surface area contributed by atoms with Crippen LogP contribution in [-0.2, 0) is 4.79 Å². The monoisotopic (exact) mass is 287 g/mol. The van der Waals surface area contributed by atoms with Crippen LogP contribution in [0.2, 0.25) is 0 Å². The van der Waals surface area contributed by atoms with E-state index in [0.717, 1.165) is 0 Å². The van der Waals surface area contributed by atoms with Crippen molar-refractivity contribution in [3.05, 3.63) is 29.8 Å². The summed E-state index contributed by atoms with van der Waals surface area (Å²) in [6.07, 6.45) is 0. The Kier molecular flexibility index (Phi) is 5.05. The number of ether oxygens (including phenoxy) is 1. The van der Waals surface area contributed by atoms with Crippen molar-refractivity contribution < 1.29 is 23.4 Å². The number of carboxylic acids is 1. The minimum Gasteiger partial charge on any atom is -0.480 e. The predicted octanol–water partition coefficient (Wildman–Crippen LogP) is 3.14. The maximum atomic E-state index is 12.2. The first-order valence-electron chi connectivity index (χ1n) is 6.17. The molecule has 0 radical (unpaired) electrons. The molecule has 20 heavy (non-hydrogen) atoms. The summed E-state index contributed by atoms with van der Waals surface area (Å²) in [5.41, 5.74) is -0.362. The number of halogens is 2. The summed E-state index contributed by atoms with van der Waals surface area (Å²) in [7, 11) is 1.68. The van der Waals surface area contributed by atoms with E-state index in [4.69, 9.17) is 0 Å². The number of hydrogen-bond donors (Lipinski definition) is 1. The Morgan fingerprint density at radius 3 is 2.50 bits per heavy atom. The number of rotatable bonds is 6. The molecule has 0 amide bonds. The number of nitrogens with zero attached hydrogens (tertiary/aromatic N) is 1.